The number of ether oxygens (including phenoxy) is 1. The molecule has 1 atom stereocenters. The molecule has 210 valence electrons. The summed E-state index contributed by atoms with van der Waals surface area (Å²) < 4.78 is 19.5. The first-order chi connectivity index (χ1) is 19.4. The second-order valence-corrected chi connectivity index (χ2v) is 11.7. The molecule has 2 aliphatic rings. The zero-order valence-electron chi connectivity index (χ0n) is 23.3. The third kappa shape index (κ3) is 6.42. The molecule has 2 aliphatic heterocycles. The van der Waals surface area contributed by atoms with Crippen molar-refractivity contribution in [3.05, 3.63) is 89.2 Å². The number of hydrogen-bond donors (Lipinski definition) is 0. The number of Topliss-reactive ketones (excluding diaryl/α,β-unsaturated/α-hetero) is 1. The van der Waals surface area contributed by atoms with Gasteiger partial charge in [0.05, 0.1) is 12.3 Å². The Morgan fingerprint density at radius 2 is 1.75 bits per heavy atom. The molecule has 5 nitrogen and oxygen atoms in total. The quantitative estimate of drug-likeness (QED) is 0.192. The van der Waals surface area contributed by atoms with E-state index in [1.165, 1.54) is 17.7 Å². The number of para-hydroxylation sites is 1. The van der Waals surface area contributed by atoms with E-state index in [1.54, 1.807) is 30.8 Å². The molecule has 0 radical (unpaired) electrons. The minimum atomic E-state index is -0.314. The van der Waals surface area contributed by atoms with Crippen molar-refractivity contribution in [3.63, 3.8) is 0 Å². The number of rotatable bonds is 10. The Morgan fingerprint density at radius 3 is 2.48 bits per heavy atom. The van der Waals surface area contributed by atoms with Gasteiger partial charge in [0, 0.05) is 28.9 Å². The van der Waals surface area contributed by atoms with Crippen LogP contribution in [0.1, 0.15) is 66.4 Å². The van der Waals surface area contributed by atoms with Crippen LogP contribution in [0.15, 0.2) is 71.6 Å². The van der Waals surface area contributed by atoms with Crippen LogP contribution >= 0.6 is 11.8 Å². The van der Waals surface area contributed by atoms with Crippen molar-refractivity contribution in [1.29, 1.82) is 0 Å². The van der Waals surface area contributed by atoms with Gasteiger partial charge in [0.1, 0.15) is 16.9 Å². The van der Waals surface area contributed by atoms with Crippen LogP contribution in [0.2, 0.25) is 0 Å². The van der Waals surface area contributed by atoms with Gasteiger partial charge in [0.15, 0.2) is 5.78 Å². The summed E-state index contributed by atoms with van der Waals surface area (Å²) in [5.41, 5.74) is 3.84. The molecule has 1 saturated heterocycles. The minimum Gasteiger partial charge on any atom is -0.493 e. The van der Waals surface area contributed by atoms with E-state index in [4.69, 9.17) is 4.74 Å². The average molecular weight is 561 g/mol. The van der Waals surface area contributed by atoms with Crippen LogP contribution < -0.4 is 9.64 Å². The number of nitrogens with zero attached hydrogens (tertiary/aromatic N) is 2. The van der Waals surface area contributed by atoms with Gasteiger partial charge < -0.3 is 9.64 Å². The largest absolute Gasteiger partial charge is 0.493 e. The maximum Gasteiger partial charge on any atom is 0.225 e. The van der Waals surface area contributed by atoms with Crippen LogP contribution in [0.3, 0.4) is 0 Å². The molecule has 1 fully saturated rings. The summed E-state index contributed by atoms with van der Waals surface area (Å²) >= 11 is 1.70. The number of piperidine rings is 1. The Labute approximate surface area is 240 Å². The van der Waals surface area contributed by atoms with Crippen LogP contribution in [0.25, 0.3) is 0 Å². The zero-order valence-corrected chi connectivity index (χ0v) is 24.1. The van der Waals surface area contributed by atoms with E-state index in [-0.39, 0.29) is 28.8 Å². The number of aryl methyl sites for hydroxylation is 1. The molecule has 0 aromatic heterocycles. The predicted molar refractivity (Wildman–Crippen MR) is 159 cm³/mol. The Bertz CT molecular complexity index is 1340. The van der Waals surface area contributed by atoms with Crippen molar-refractivity contribution < 1.29 is 18.7 Å². The fourth-order valence-electron chi connectivity index (χ4n) is 5.62. The van der Waals surface area contributed by atoms with E-state index in [2.05, 4.69) is 36.1 Å². The van der Waals surface area contributed by atoms with Crippen molar-refractivity contribution in [3.8, 4) is 5.75 Å². The van der Waals surface area contributed by atoms with Gasteiger partial charge in [0.25, 0.3) is 0 Å². The van der Waals surface area contributed by atoms with E-state index < -0.39 is 0 Å². The number of carbonyl (C=O) groups excluding carboxylic acids is 2. The van der Waals surface area contributed by atoms with Crippen LogP contribution in [-0.4, -0.2) is 42.8 Å². The van der Waals surface area contributed by atoms with Crippen molar-refractivity contribution >= 4 is 29.1 Å². The molecule has 2 heterocycles. The van der Waals surface area contributed by atoms with Crippen LogP contribution in [-0.2, 0) is 11.2 Å². The molecular weight excluding hydrogens is 523 g/mol. The third-order valence-electron chi connectivity index (χ3n) is 7.90. The predicted octanol–water partition coefficient (Wildman–Crippen LogP) is 7.30. The Hall–Kier alpha value is -3.16. The second-order valence-electron chi connectivity index (χ2n) is 10.6. The summed E-state index contributed by atoms with van der Waals surface area (Å²) in [6, 6.07) is 20.3. The molecule has 5 rings (SSSR count). The molecule has 0 saturated carbocycles. The van der Waals surface area contributed by atoms with Gasteiger partial charge in [-0.05, 0) is 106 Å². The highest BCUT2D eigenvalue weighted by Gasteiger charge is 2.35. The number of anilines is 1. The van der Waals surface area contributed by atoms with Crippen LogP contribution in [0.4, 0.5) is 10.1 Å². The SMILES string of the molecule is CCc1ccc(OCCCCN2CCC(C(=O)c3ccc(F)cc3)CC2)c(C2Sc3ccccc3N2C(C)=O)c1. The van der Waals surface area contributed by atoms with Crippen molar-refractivity contribution in [2.24, 2.45) is 5.92 Å². The number of likely N-dealkylation sites (tertiary alicyclic amines) is 1. The zero-order chi connectivity index (χ0) is 28.1. The topological polar surface area (TPSA) is 49.9 Å². The second kappa shape index (κ2) is 13.0. The van der Waals surface area contributed by atoms with Gasteiger partial charge >= 0.3 is 0 Å². The van der Waals surface area contributed by atoms with Gasteiger partial charge in [0.2, 0.25) is 5.91 Å². The lowest BCUT2D eigenvalue weighted by Gasteiger charge is -2.31. The number of amides is 1. The van der Waals surface area contributed by atoms with Crippen molar-refractivity contribution in [2.75, 3.05) is 31.1 Å². The third-order valence-corrected chi connectivity index (χ3v) is 9.19. The summed E-state index contributed by atoms with van der Waals surface area (Å²) in [6.45, 7) is 7.17. The number of fused-ring (bicyclic) bond motifs is 1. The van der Waals surface area contributed by atoms with Crippen molar-refractivity contribution in [1.82, 2.24) is 4.90 Å². The molecule has 3 aromatic rings. The van der Waals surface area contributed by atoms with Gasteiger partial charge in [-0.1, -0.05) is 36.9 Å². The molecule has 1 amide bonds. The first-order valence-electron chi connectivity index (χ1n) is 14.3. The summed E-state index contributed by atoms with van der Waals surface area (Å²) in [5.74, 6) is 0.700. The fraction of sp³-hybridized carbons (Fsp3) is 0.394. The Kier molecular flexibility index (Phi) is 9.22. The smallest absolute Gasteiger partial charge is 0.225 e. The standard InChI is InChI=1S/C33H37FN2O3S/c1-3-24-10-15-30(28(22-24)33-36(23(2)37)29-8-4-5-9-31(29)40-33)39-21-7-6-18-35-19-16-26(17-20-35)32(38)25-11-13-27(34)14-12-25/h4-5,8-15,22,26,33H,3,6-7,16-21H2,1-2H3. The number of unbranched alkanes of at least 4 members (excludes halogenated alkanes) is 1. The van der Waals surface area contributed by atoms with E-state index in [9.17, 15) is 14.0 Å². The van der Waals surface area contributed by atoms with Gasteiger partial charge in [-0.15, -0.1) is 0 Å². The summed E-state index contributed by atoms with van der Waals surface area (Å²) in [7, 11) is 0. The molecule has 3 aromatic carbocycles. The summed E-state index contributed by atoms with van der Waals surface area (Å²) in [4.78, 5) is 30.9. The fourth-order valence-corrected chi connectivity index (χ4v) is 6.99. The number of benzene rings is 3. The normalized spacial score (nSPS) is 17.6. The Morgan fingerprint density at radius 1 is 1.00 bits per heavy atom. The minimum absolute atomic E-state index is 0.0173. The lowest BCUT2D eigenvalue weighted by molar-refractivity contribution is -0.116. The molecule has 1 unspecified atom stereocenters. The highest BCUT2D eigenvalue weighted by molar-refractivity contribution is 8.00. The van der Waals surface area contributed by atoms with E-state index in [0.717, 1.165) is 73.6 Å². The number of carbonyl (C=O) groups is 2. The first-order valence-corrected chi connectivity index (χ1v) is 15.2. The monoisotopic (exact) mass is 560 g/mol. The molecule has 0 spiro atoms. The van der Waals surface area contributed by atoms with Gasteiger partial charge in [-0.25, -0.2) is 4.39 Å². The highest BCUT2D eigenvalue weighted by Crippen LogP contribution is 2.53. The number of ketones is 1. The van der Waals surface area contributed by atoms with E-state index in [1.807, 2.05) is 23.1 Å². The van der Waals surface area contributed by atoms with Crippen LogP contribution in [0, 0.1) is 11.7 Å². The molecule has 0 bridgehead atoms. The maximum absolute atomic E-state index is 13.2. The number of halogens is 1. The summed E-state index contributed by atoms with van der Waals surface area (Å²) in [6.07, 6.45) is 4.55. The number of hydrogen-bond acceptors (Lipinski definition) is 5. The number of thioether (sulfide) groups is 1. The van der Waals surface area contributed by atoms with Gasteiger partial charge in [-0.3, -0.25) is 14.5 Å². The highest BCUT2D eigenvalue weighted by atomic mass is 32.2. The molecule has 40 heavy (non-hydrogen) atoms. The summed E-state index contributed by atoms with van der Waals surface area (Å²) in [5, 5.41) is -0.143. The Balaban J connectivity index is 1.12. The van der Waals surface area contributed by atoms with E-state index in [0.29, 0.717) is 12.2 Å². The molecule has 0 N–H and O–H groups in total. The lowest BCUT2D eigenvalue weighted by atomic mass is 9.89. The molecule has 0 aliphatic carbocycles. The first kappa shape index (κ1) is 28.4. The van der Waals surface area contributed by atoms with E-state index >= 15 is 0 Å². The maximum atomic E-state index is 13.2. The molecule has 7 heteroatoms. The molecular formula is C33H37FN2O3S. The lowest BCUT2D eigenvalue weighted by Crippen LogP contribution is -2.37. The average Bonchev–Trinajstić information content (AvgIpc) is 3.37. The van der Waals surface area contributed by atoms with Crippen LogP contribution in [0.5, 0.6) is 5.75 Å². The van der Waals surface area contributed by atoms with Gasteiger partial charge in [-0.2, -0.15) is 0 Å². The van der Waals surface area contributed by atoms with Crippen molar-refractivity contribution in [2.45, 2.75) is 56.2 Å².